The predicted octanol–water partition coefficient (Wildman–Crippen LogP) is 10.0. The van der Waals surface area contributed by atoms with Gasteiger partial charge in [0.1, 0.15) is 17.6 Å². The molecule has 4 rings (SSSR count). The number of hydrogen-bond acceptors (Lipinski definition) is 16. The van der Waals surface area contributed by atoms with Gasteiger partial charge in [0, 0.05) is 18.2 Å². The number of benzene rings is 2. The summed E-state index contributed by atoms with van der Waals surface area (Å²) >= 11 is 0. The molecule has 0 saturated carbocycles. The van der Waals surface area contributed by atoms with E-state index in [9.17, 15) is 42.7 Å². The Balaban J connectivity index is 1.34. The van der Waals surface area contributed by atoms with Gasteiger partial charge < -0.3 is 28.7 Å². The van der Waals surface area contributed by atoms with Gasteiger partial charge in [-0.1, -0.05) is 115 Å². The number of nitrogens with one attached hydrogen (secondary N) is 1. The lowest BCUT2D eigenvalue weighted by molar-refractivity contribution is -0.134. The van der Waals surface area contributed by atoms with Crippen molar-refractivity contribution >= 4 is 35.6 Å². The summed E-state index contributed by atoms with van der Waals surface area (Å²) in [6.45, 7) is 4.04. The summed E-state index contributed by atoms with van der Waals surface area (Å²) in [6, 6.07) is 11.5. The molecule has 1 aliphatic heterocycles. The van der Waals surface area contributed by atoms with Crippen LogP contribution in [0.15, 0.2) is 76.5 Å². The van der Waals surface area contributed by atoms with Crippen LogP contribution >= 0.6 is 23.5 Å². The highest BCUT2D eigenvalue weighted by molar-refractivity contribution is 7.67. The maximum Gasteiger partial charge on any atom is 0.513 e. The highest BCUT2D eigenvalue weighted by atomic mass is 31.3. The Bertz CT molecular complexity index is 2280. The van der Waals surface area contributed by atoms with Crippen LogP contribution in [0.25, 0.3) is 0 Å². The number of hydrogen-bond donors (Lipinski definition) is 3. The minimum absolute atomic E-state index is 0.118. The molecule has 23 heteroatoms. The lowest BCUT2D eigenvalue weighted by Gasteiger charge is -2.22. The van der Waals surface area contributed by atoms with Crippen LogP contribution in [0.2, 0.25) is 0 Å². The SMILES string of the molecule is CCCCCCCCCCCC(=O)Oc1ccc(COP(=O)(OCc2ccc(OC(=O)OCCCCCC)cc2)OP(=O)(O)OP(=O)(O)OC[C@@H]2C=C[C@H](n3cc(C)c(=O)[nH]c3=O)O2)cc1. The Morgan fingerprint density at radius 3 is 1.83 bits per heavy atom. The predicted molar refractivity (Wildman–Crippen MR) is 241 cm³/mol. The van der Waals surface area contributed by atoms with Gasteiger partial charge in [-0.3, -0.25) is 32.7 Å². The summed E-state index contributed by atoms with van der Waals surface area (Å²) in [4.78, 5) is 71.6. The number of aromatic nitrogens is 2. The second-order valence-electron chi connectivity index (χ2n) is 15.4. The fourth-order valence-corrected chi connectivity index (χ4v) is 10.3. The molecular formula is C43H61N2O18P3. The first kappa shape index (κ1) is 54.6. The molecule has 0 spiro atoms. The third kappa shape index (κ3) is 20.5. The molecule has 66 heavy (non-hydrogen) atoms. The Hall–Kier alpha value is -4.03. The Kier molecular flexibility index (Phi) is 22.9. The minimum atomic E-state index is -5.82. The molecule has 366 valence electrons. The molecule has 0 radical (unpaired) electrons. The number of esters is 1. The van der Waals surface area contributed by atoms with E-state index >= 15 is 0 Å². The summed E-state index contributed by atoms with van der Waals surface area (Å²) < 4.78 is 87.1. The number of nitrogens with zero attached hydrogens (tertiary/aromatic N) is 1. The van der Waals surface area contributed by atoms with Crippen molar-refractivity contribution in [2.45, 2.75) is 136 Å². The maximum atomic E-state index is 14.0. The fraction of sp³-hybridized carbons (Fsp3) is 0.535. The van der Waals surface area contributed by atoms with Crippen molar-refractivity contribution < 1.29 is 74.2 Å². The van der Waals surface area contributed by atoms with Crippen LogP contribution in [0.1, 0.15) is 127 Å². The first-order valence-corrected chi connectivity index (χ1v) is 26.4. The number of unbranched alkanes of at least 4 members (excludes halogenated alkanes) is 11. The van der Waals surface area contributed by atoms with Crippen LogP contribution in [0.4, 0.5) is 4.79 Å². The lowest BCUT2D eigenvalue weighted by atomic mass is 10.1. The largest absolute Gasteiger partial charge is 0.513 e. The zero-order chi connectivity index (χ0) is 48.0. The molecule has 1 aliphatic rings. The number of phosphoric acid groups is 3. The summed E-state index contributed by atoms with van der Waals surface area (Å²) in [5.41, 5.74) is -0.532. The van der Waals surface area contributed by atoms with E-state index in [2.05, 4.69) is 23.1 Å². The second kappa shape index (κ2) is 27.7. The van der Waals surface area contributed by atoms with E-state index in [0.29, 0.717) is 24.0 Å². The van der Waals surface area contributed by atoms with Gasteiger partial charge in [0.05, 0.1) is 26.4 Å². The number of carbonyl (C=O) groups is 2. The molecule has 20 nitrogen and oxygen atoms in total. The monoisotopic (exact) mass is 986 g/mol. The molecule has 1 aromatic heterocycles. The van der Waals surface area contributed by atoms with E-state index in [4.69, 9.17) is 36.8 Å². The average Bonchev–Trinajstić information content (AvgIpc) is 3.74. The van der Waals surface area contributed by atoms with Crippen molar-refractivity contribution in [1.29, 1.82) is 0 Å². The molecule has 0 bridgehead atoms. The standard InChI is InChI=1S/C43H61N2O18P3/c1-4-6-8-10-11-12-13-14-15-17-40(46)60-36-22-18-34(19-23-36)30-57-66(54,58-31-35-20-24-37(25-21-35)61-43(49)55-28-16-9-7-5-2)63-65(52,53)62-64(50,51)56-32-38-26-27-39(59-38)45-29-33(3)41(47)44-42(45)48/h18-27,29,38-39H,4-17,28,30-32H2,1-3H3,(H,50,51)(H,52,53)(H,44,47,48)/t38-,39+,66?/m0/s1. The molecule has 3 N–H and O–H groups in total. The van der Waals surface area contributed by atoms with Gasteiger partial charge in [0.25, 0.3) is 5.56 Å². The van der Waals surface area contributed by atoms with Crippen molar-refractivity contribution in [1.82, 2.24) is 9.55 Å². The van der Waals surface area contributed by atoms with E-state index in [1.54, 1.807) is 0 Å². The fourth-order valence-electron chi connectivity index (χ4n) is 6.25. The molecule has 3 aromatic rings. The van der Waals surface area contributed by atoms with Crippen LogP contribution in [0.5, 0.6) is 11.5 Å². The van der Waals surface area contributed by atoms with Crippen LogP contribution < -0.4 is 20.7 Å². The van der Waals surface area contributed by atoms with Gasteiger partial charge in [0.15, 0.2) is 6.23 Å². The topological polar surface area (TPSA) is 264 Å². The highest BCUT2D eigenvalue weighted by Crippen LogP contribution is 2.69. The number of ether oxygens (including phenoxy) is 4. The highest BCUT2D eigenvalue weighted by Gasteiger charge is 2.44. The number of rotatable bonds is 31. The molecule has 0 amide bonds. The first-order valence-electron chi connectivity index (χ1n) is 22.0. The average molecular weight is 987 g/mol. The van der Waals surface area contributed by atoms with Gasteiger partial charge in [-0.05, 0) is 61.2 Å². The number of aromatic amines is 1. The van der Waals surface area contributed by atoms with Crippen molar-refractivity contribution in [3.8, 4) is 11.5 Å². The van der Waals surface area contributed by atoms with Crippen LogP contribution in [-0.2, 0) is 63.4 Å². The number of H-pyrrole nitrogens is 1. The summed E-state index contributed by atoms with van der Waals surface area (Å²) in [7, 11) is -16.5. The summed E-state index contributed by atoms with van der Waals surface area (Å²) in [5, 5.41) is 0. The summed E-state index contributed by atoms with van der Waals surface area (Å²) in [5.74, 6) is -0.0417. The number of carbonyl (C=O) groups excluding carboxylic acids is 2. The number of aryl methyl sites for hydroxylation is 1. The van der Waals surface area contributed by atoms with Crippen molar-refractivity contribution in [2.75, 3.05) is 13.2 Å². The first-order chi connectivity index (χ1) is 31.5. The molecule has 0 aliphatic carbocycles. The Morgan fingerprint density at radius 1 is 0.697 bits per heavy atom. The normalized spacial score (nSPS) is 17.4. The quantitative estimate of drug-likeness (QED) is 0.0135. The minimum Gasteiger partial charge on any atom is -0.434 e. The maximum absolute atomic E-state index is 14.0. The van der Waals surface area contributed by atoms with Gasteiger partial charge >= 0.3 is 41.3 Å². The Labute approximate surface area is 383 Å². The van der Waals surface area contributed by atoms with E-state index in [1.165, 1.54) is 106 Å². The van der Waals surface area contributed by atoms with Gasteiger partial charge in [0.2, 0.25) is 0 Å². The van der Waals surface area contributed by atoms with Crippen molar-refractivity contribution in [3.05, 3.63) is 104 Å². The van der Waals surface area contributed by atoms with E-state index in [1.807, 2.05) is 0 Å². The summed E-state index contributed by atoms with van der Waals surface area (Å²) in [6.07, 6.45) is 14.9. The van der Waals surface area contributed by atoms with Gasteiger partial charge in [-0.15, -0.1) is 0 Å². The molecule has 3 unspecified atom stereocenters. The smallest absolute Gasteiger partial charge is 0.434 e. The second-order valence-corrected chi connectivity index (χ2v) is 20.3. The van der Waals surface area contributed by atoms with Crippen molar-refractivity contribution in [2.24, 2.45) is 0 Å². The lowest BCUT2D eigenvalue weighted by Crippen LogP contribution is -2.33. The molecule has 2 heterocycles. The van der Waals surface area contributed by atoms with E-state index in [0.717, 1.165) is 43.1 Å². The third-order valence-electron chi connectivity index (χ3n) is 9.80. The van der Waals surface area contributed by atoms with Gasteiger partial charge in [-0.2, -0.15) is 8.62 Å². The van der Waals surface area contributed by atoms with E-state index < -0.39 is 79.0 Å². The van der Waals surface area contributed by atoms with Crippen molar-refractivity contribution in [3.63, 3.8) is 0 Å². The molecule has 0 fully saturated rings. The molecular weight excluding hydrogens is 925 g/mol. The zero-order valence-corrected chi connectivity index (χ0v) is 40.1. The molecule has 5 atom stereocenters. The van der Waals surface area contributed by atoms with Crippen LogP contribution in [-0.4, -0.2) is 50.8 Å². The van der Waals surface area contributed by atoms with E-state index in [-0.39, 0.29) is 30.1 Å². The Morgan fingerprint density at radius 2 is 1.24 bits per heavy atom. The number of phosphoric ester groups is 2. The molecule has 2 aromatic carbocycles. The van der Waals surface area contributed by atoms with Crippen LogP contribution in [0, 0.1) is 6.92 Å². The zero-order valence-electron chi connectivity index (χ0n) is 37.4. The van der Waals surface area contributed by atoms with Crippen LogP contribution in [0.3, 0.4) is 0 Å². The third-order valence-corrected chi connectivity index (χ3v) is 14.4. The molecule has 0 saturated heterocycles. The van der Waals surface area contributed by atoms with Gasteiger partial charge in [-0.25, -0.2) is 23.3 Å².